The third-order valence-corrected chi connectivity index (χ3v) is 7.51. The van der Waals surface area contributed by atoms with Gasteiger partial charge in [-0.15, -0.1) is 0 Å². The number of phenolic OH excluding ortho intramolecular Hbond substituents is 2. The highest BCUT2D eigenvalue weighted by molar-refractivity contribution is 6.39. The number of carbonyl (C=O) groups is 5. The van der Waals surface area contributed by atoms with Crippen molar-refractivity contribution in [2.45, 2.75) is 31.5 Å². The first-order valence-electron chi connectivity index (χ1n) is 13.4. The Kier molecular flexibility index (Phi) is 8.50. The molecule has 0 bridgehead atoms. The van der Waals surface area contributed by atoms with E-state index in [1.54, 1.807) is 0 Å². The minimum atomic E-state index is -2.86. The van der Waals surface area contributed by atoms with Crippen molar-refractivity contribution in [1.29, 1.82) is 0 Å². The number of benzene rings is 2. The highest BCUT2D eigenvalue weighted by Gasteiger charge is 2.56. The standard InChI is InChI=1S/C33H28O12/c1-32(44)28(40)20(26(38)24(30(32)42)22(36)13-7-16-3-9-18(34)10-4-16)15-21-27(39)25(31(43)33(2,45)29(21)41)23(37)14-8-17-5-11-19(35)12-6-17/h3-14,20,34-37,39,44-45H,15H2,1-2H3/b13-7+,14-8+,24-22?,25-23?. The van der Waals surface area contributed by atoms with Crippen LogP contribution >= 0.6 is 0 Å². The number of aliphatic hydroxyl groups excluding tert-OH is 3. The molecule has 0 aromatic heterocycles. The Balaban J connectivity index is 1.78. The smallest absolute Gasteiger partial charge is 0.209 e. The number of allylic oxidation sites excluding steroid dienone is 3. The Bertz CT molecular complexity index is 1780. The van der Waals surface area contributed by atoms with E-state index in [0.717, 1.165) is 26.0 Å². The number of phenols is 2. The average molecular weight is 617 g/mol. The van der Waals surface area contributed by atoms with E-state index in [1.807, 2.05) is 0 Å². The molecule has 0 spiro atoms. The molecule has 3 atom stereocenters. The number of rotatable bonds is 6. The van der Waals surface area contributed by atoms with Gasteiger partial charge in [-0.3, -0.25) is 24.0 Å². The van der Waals surface area contributed by atoms with Gasteiger partial charge in [-0.25, -0.2) is 0 Å². The molecule has 2 aliphatic carbocycles. The molecule has 0 radical (unpaired) electrons. The van der Waals surface area contributed by atoms with Gasteiger partial charge >= 0.3 is 0 Å². The van der Waals surface area contributed by atoms with Crippen LogP contribution in [-0.4, -0.2) is 75.9 Å². The summed E-state index contributed by atoms with van der Waals surface area (Å²) in [5, 5.41) is 72.8. The second-order valence-corrected chi connectivity index (χ2v) is 10.8. The third kappa shape index (κ3) is 5.96. The Morgan fingerprint density at radius 3 is 1.56 bits per heavy atom. The summed E-state index contributed by atoms with van der Waals surface area (Å²) in [5.74, 6) is -12.0. The molecule has 4 rings (SSSR count). The molecular formula is C33H28O12. The molecule has 12 heteroatoms. The molecule has 3 unspecified atom stereocenters. The SMILES string of the molecule is CC1(O)C(=O)C(CC2C(=O)C(=C(O)/C=C/c3ccc(O)cc3)C(=O)C(C)(O)C2=O)=C(O)C(=C(O)/C=C/c2ccc(O)cc2)C1=O. The molecule has 1 saturated carbocycles. The summed E-state index contributed by atoms with van der Waals surface area (Å²) >= 11 is 0. The van der Waals surface area contributed by atoms with Crippen molar-refractivity contribution >= 4 is 41.1 Å². The first kappa shape index (κ1) is 32.3. The topological polar surface area (TPSA) is 227 Å². The molecule has 0 aliphatic heterocycles. The Morgan fingerprint density at radius 2 is 1.09 bits per heavy atom. The van der Waals surface area contributed by atoms with Crippen molar-refractivity contribution in [3.63, 3.8) is 0 Å². The fourth-order valence-corrected chi connectivity index (χ4v) is 4.85. The maximum atomic E-state index is 13.5. The maximum absolute atomic E-state index is 13.5. The van der Waals surface area contributed by atoms with E-state index in [9.17, 15) is 59.7 Å². The number of hydrogen-bond acceptors (Lipinski definition) is 12. The Morgan fingerprint density at radius 1 is 0.667 bits per heavy atom. The molecule has 12 nitrogen and oxygen atoms in total. The largest absolute Gasteiger partial charge is 0.508 e. The molecule has 2 aliphatic rings. The zero-order chi connectivity index (χ0) is 33.4. The van der Waals surface area contributed by atoms with Crippen molar-refractivity contribution in [1.82, 2.24) is 0 Å². The zero-order valence-corrected chi connectivity index (χ0v) is 23.9. The molecule has 2 aromatic rings. The molecule has 0 saturated heterocycles. The van der Waals surface area contributed by atoms with E-state index in [-0.39, 0.29) is 11.5 Å². The lowest BCUT2D eigenvalue weighted by atomic mass is 9.68. The van der Waals surface area contributed by atoms with E-state index in [1.165, 1.54) is 60.7 Å². The zero-order valence-electron chi connectivity index (χ0n) is 23.9. The van der Waals surface area contributed by atoms with E-state index in [4.69, 9.17) is 0 Å². The number of aromatic hydroxyl groups is 2. The first-order valence-corrected chi connectivity index (χ1v) is 13.4. The van der Waals surface area contributed by atoms with Crippen LogP contribution in [0.25, 0.3) is 12.2 Å². The van der Waals surface area contributed by atoms with Gasteiger partial charge in [-0.2, -0.15) is 0 Å². The molecule has 0 heterocycles. The summed E-state index contributed by atoms with van der Waals surface area (Å²) in [6.07, 6.45) is 3.46. The number of Topliss-reactive ketones (excluding diaryl/α,β-unsaturated/α-hetero) is 5. The van der Waals surface area contributed by atoms with Gasteiger partial charge in [-0.05, 0) is 67.8 Å². The molecule has 232 valence electrons. The first-order chi connectivity index (χ1) is 21.0. The number of ketones is 5. The molecule has 7 N–H and O–H groups in total. The second-order valence-electron chi connectivity index (χ2n) is 10.8. The van der Waals surface area contributed by atoms with Crippen molar-refractivity contribution in [2.75, 3.05) is 0 Å². The van der Waals surface area contributed by atoms with Crippen LogP contribution in [0.15, 0.2) is 94.7 Å². The molecule has 45 heavy (non-hydrogen) atoms. The Hall–Kier alpha value is -5.59. The third-order valence-electron chi connectivity index (χ3n) is 7.51. The lowest BCUT2D eigenvalue weighted by Crippen LogP contribution is -2.57. The number of aliphatic hydroxyl groups is 5. The summed E-state index contributed by atoms with van der Waals surface area (Å²) in [7, 11) is 0. The summed E-state index contributed by atoms with van der Waals surface area (Å²) < 4.78 is 0. The van der Waals surface area contributed by atoms with Gasteiger partial charge in [0.15, 0.2) is 22.8 Å². The van der Waals surface area contributed by atoms with Gasteiger partial charge in [0.2, 0.25) is 17.3 Å². The van der Waals surface area contributed by atoms with Gasteiger partial charge in [0.05, 0.1) is 5.92 Å². The van der Waals surface area contributed by atoms with Gasteiger partial charge < -0.3 is 35.7 Å². The predicted molar refractivity (Wildman–Crippen MR) is 158 cm³/mol. The minimum absolute atomic E-state index is 0.0378. The van der Waals surface area contributed by atoms with Crippen LogP contribution in [0.4, 0.5) is 0 Å². The van der Waals surface area contributed by atoms with Crippen LogP contribution in [0.2, 0.25) is 0 Å². The van der Waals surface area contributed by atoms with Gasteiger partial charge in [-0.1, -0.05) is 36.4 Å². The van der Waals surface area contributed by atoms with E-state index < -0.39 is 86.5 Å². The highest BCUT2D eigenvalue weighted by Crippen LogP contribution is 2.38. The summed E-state index contributed by atoms with van der Waals surface area (Å²) in [6, 6.07) is 11.2. The van der Waals surface area contributed by atoms with Gasteiger partial charge in [0.1, 0.15) is 39.9 Å². The quantitative estimate of drug-likeness (QED) is 0.108. The van der Waals surface area contributed by atoms with E-state index >= 15 is 0 Å². The normalized spacial score (nSPS) is 26.8. The van der Waals surface area contributed by atoms with Crippen LogP contribution < -0.4 is 0 Å². The minimum Gasteiger partial charge on any atom is -0.508 e. The summed E-state index contributed by atoms with van der Waals surface area (Å²) in [5.41, 5.74) is -7.53. The lowest BCUT2D eigenvalue weighted by Gasteiger charge is -2.34. The van der Waals surface area contributed by atoms with Crippen LogP contribution in [0.3, 0.4) is 0 Å². The second kappa shape index (κ2) is 11.8. The molecule has 1 fully saturated rings. The van der Waals surface area contributed by atoms with Crippen molar-refractivity contribution in [3.8, 4) is 11.5 Å². The van der Waals surface area contributed by atoms with Gasteiger partial charge in [0.25, 0.3) is 0 Å². The predicted octanol–water partition coefficient (Wildman–Crippen LogP) is 2.64. The maximum Gasteiger partial charge on any atom is 0.209 e. The lowest BCUT2D eigenvalue weighted by molar-refractivity contribution is -0.155. The molecular weight excluding hydrogens is 588 g/mol. The Labute approximate surface area is 255 Å². The van der Waals surface area contributed by atoms with Crippen molar-refractivity contribution < 1.29 is 59.7 Å². The number of carbonyl (C=O) groups excluding carboxylic acids is 5. The summed E-state index contributed by atoms with van der Waals surface area (Å²) in [6.45, 7) is 1.58. The fourth-order valence-electron chi connectivity index (χ4n) is 4.85. The van der Waals surface area contributed by atoms with Crippen LogP contribution in [0.1, 0.15) is 31.4 Å². The average Bonchev–Trinajstić information content (AvgIpc) is 2.99. The van der Waals surface area contributed by atoms with Crippen molar-refractivity contribution in [2.24, 2.45) is 5.92 Å². The molecule has 0 amide bonds. The number of hydrogen-bond donors (Lipinski definition) is 7. The van der Waals surface area contributed by atoms with E-state index in [2.05, 4.69) is 0 Å². The van der Waals surface area contributed by atoms with Crippen LogP contribution in [-0.2, 0) is 24.0 Å². The van der Waals surface area contributed by atoms with Crippen LogP contribution in [0, 0.1) is 5.92 Å². The summed E-state index contributed by atoms with van der Waals surface area (Å²) in [4.78, 5) is 65.8. The fraction of sp³-hybridized carbons (Fsp3) is 0.182. The van der Waals surface area contributed by atoms with Gasteiger partial charge in [0, 0.05) is 5.57 Å². The van der Waals surface area contributed by atoms with Crippen molar-refractivity contribution in [3.05, 3.63) is 106 Å². The highest BCUT2D eigenvalue weighted by atomic mass is 16.3. The van der Waals surface area contributed by atoms with Crippen LogP contribution in [0.5, 0.6) is 11.5 Å². The van der Waals surface area contributed by atoms with E-state index in [0.29, 0.717) is 11.1 Å². The molecule has 2 aromatic carbocycles. The monoisotopic (exact) mass is 616 g/mol.